The number of methoxy groups -OCH3 is 1. The zero-order chi connectivity index (χ0) is 24.2. The van der Waals surface area contributed by atoms with Crippen molar-refractivity contribution < 1.29 is 23.5 Å². The largest absolute Gasteiger partial charge is 0.467 e. The van der Waals surface area contributed by atoms with Crippen LogP contribution in [0.3, 0.4) is 0 Å². The summed E-state index contributed by atoms with van der Waals surface area (Å²) in [5, 5.41) is 11.4. The molecule has 0 aliphatic heterocycles. The molecule has 1 aromatic heterocycles. The van der Waals surface area contributed by atoms with Crippen LogP contribution in [0.2, 0.25) is 0 Å². The molecule has 178 valence electrons. The Morgan fingerprint density at radius 3 is 2.29 bits per heavy atom. The number of nitrogens with one attached hydrogen (secondary N) is 4. The molecule has 0 fully saturated rings. The SMILES string of the molecule is COCCCNC(=O)c1cccc(NC(=O)CNc2cccc(C(=O)NCc3ccco3)c2)c1. The minimum Gasteiger partial charge on any atom is -0.467 e. The van der Waals surface area contributed by atoms with Crippen molar-refractivity contribution in [2.75, 3.05) is 37.4 Å². The van der Waals surface area contributed by atoms with Crippen LogP contribution in [-0.4, -0.2) is 44.5 Å². The molecular weight excluding hydrogens is 436 g/mol. The molecule has 9 heteroatoms. The third-order valence-electron chi connectivity index (χ3n) is 4.80. The number of carbonyl (C=O) groups excluding carboxylic acids is 3. The first-order chi connectivity index (χ1) is 16.5. The lowest BCUT2D eigenvalue weighted by Crippen LogP contribution is -2.26. The summed E-state index contributed by atoms with van der Waals surface area (Å²) < 4.78 is 10.2. The van der Waals surface area contributed by atoms with Gasteiger partial charge in [0.15, 0.2) is 0 Å². The third-order valence-corrected chi connectivity index (χ3v) is 4.80. The Morgan fingerprint density at radius 1 is 0.882 bits per heavy atom. The third kappa shape index (κ3) is 7.79. The van der Waals surface area contributed by atoms with Gasteiger partial charge < -0.3 is 30.4 Å². The number of rotatable bonds is 12. The summed E-state index contributed by atoms with van der Waals surface area (Å²) in [6.07, 6.45) is 2.27. The van der Waals surface area contributed by atoms with Crippen molar-refractivity contribution in [3.8, 4) is 0 Å². The zero-order valence-electron chi connectivity index (χ0n) is 18.9. The maximum absolute atomic E-state index is 12.4. The number of furan rings is 1. The van der Waals surface area contributed by atoms with Gasteiger partial charge in [0.2, 0.25) is 5.91 Å². The van der Waals surface area contributed by atoms with Gasteiger partial charge in [0.25, 0.3) is 11.8 Å². The number of anilines is 2. The number of hydrogen-bond donors (Lipinski definition) is 4. The van der Waals surface area contributed by atoms with Crippen LogP contribution >= 0.6 is 0 Å². The smallest absolute Gasteiger partial charge is 0.251 e. The number of benzene rings is 2. The van der Waals surface area contributed by atoms with Gasteiger partial charge >= 0.3 is 0 Å². The molecule has 3 rings (SSSR count). The lowest BCUT2D eigenvalue weighted by molar-refractivity contribution is -0.114. The van der Waals surface area contributed by atoms with Gasteiger partial charge in [-0.2, -0.15) is 0 Å². The van der Waals surface area contributed by atoms with Gasteiger partial charge in [0.1, 0.15) is 5.76 Å². The average molecular weight is 465 g/mol. The molecule has 0 bridgehead atoms. The molecule has 34 heavy (non-hydrogen) atoms. The quantitative estimate of drug-likeness (QED) is 0.306. The summed E-state index contributed by atoms with van der Waals surface area (Å²) in [6, 6.07) is 17.1. The Morgan fingerprint density at radius 2 is 1.59 bits per heavy atom. The monoisotopic (exact) mass is 464 g/mol. The molecule has 3 aromatic rings. The summed E-state index contributed by atoms with van der Waals surface area (Å²) in [4.78, 5) is 37.0. The van der Waals surface area contributed by atoms with E-state index in [-0.39, 0.29) is 30.8 Å². The molecule has 4 N–H and O–H groups in total. The molecule has 0 saturated heterocycles. The van der Waals surface area contributed by atoms with Gasteiger partial charge in [0, 0.05) is 42.8 Å². The molecule has 2 aromatic carbocycles. The van der Waals surface area contributed by atoms with E-state index in [0.717, 1.165) is 6.42 Å². The molecule has 9 nitrogen and oxygen atoms in total. The molecule has 0 unspecified atom stereocenters. The van der Waals surface area contributed by atoms with E-state index in [1.165, 1.54) is 0 Å². The van der Waals surface area contributed by atoms with Crippen molar-refractivity contribution in [2.24, 2.45) is 0 Å². The van der Waals surface area contributed by atoms with Gasteiger partial charge in [-0.25, -0.2) is 0 Å². The van der Waals surface area contributed by atoms with Crippen LogP contribution in [0.25, 0.3) is 0 Å². The molecule has 0 saturated carbocycles. The first-order valence-electron chi connectivity index (χ1n) is 10.9. The average Bonchev–Trinajstić information content (AvgIpc) is 3.38. The molecule has 0 aliphatic carbocycles. The van der Waals surface area contributed by atoms with Crippen LogP contribution in [0.15, 0.2) is 71.3 Å². The van der Waals surface area contributed by atoms with Crippen LogP contribution in [0.4, 0.5) is 11.4 Å². The van der Waals surface area contributed by atoms with E-state index < -0.39 is 0 Å². The van der Waals surface area contributed by atoms with Crippen LogP contribution in [0.1, 0.15) is 32.9 Å². The van der Waals surface area contributed by atoms with Crippen molar-refractivity contribution in [2.45, 2.75) is 13.0 Å². The minimum atomic E-state index is -0.287. The fourth-order valence-corrected chi connectivity index (χ4v) is 3.10. The van der Waals surface area contributed by atoms with Gasteiger partial charge in [-0.1, -0.05) is 12.1 Å². The van der Waals surface area contributed by atoms with E-state index in [1.807, 2.05) is 0 Å². The first kappa shape index (κ1) is 24.5. The summed E-state index contributed by atoms with van der Waals surface area (Å²) in [6.45, 7) is 1.36. The summed E-state index contributed by atoms with van der Waals surface area (Å²) >= 11 is 0. The minimum absolute atomic E-state index is 0.00902. The zero-order valence-corrected chi connectivity index (χ0v) is 18.9. The van der Waals surface area contributed by atoms with Gasteiger partial charge in [-0.3, -0.25) is 14.4 Å². The molecule has 0 radical (unpaired) electrons. The number of carbonyl (C=O) groups is 3. The summed E-state index contributed by atoms with van der Waals surface area (Å²) in [5.41, 5.74) is 2.06. The molecule has 1 heterocycles. The predicted octanol–water partition coefficient (Wildman–Crippen LogP) is 3.03. The maximum atomic E-state index is 12.4. The van der Waals surface area contributed by atoms with Crippen LogP contribution in [-0.2, 0) is 16.1 Å². The second-order valence-corrected chi connectivity index (χ2v) is 7.43. The Kier molecular flexibility index (Phi) is 9.24. The Hall–Kier alpha value is -4.11. The fraction of sp³-hybridized carbons (Fsp3) is 0.240. The van der Waals surface area contributed by atoms with Crippen molar-refractivity contribution in [1.29, 1.82) is 0 Å². The van der Waals surface area contributed by atoms with Crippen molar-refractivity contribution >= 4 is 29.1 Å². The summed E-state index contributed by atoms with van der Waals surface area (Å²) in [7, 11) is 1.61. The lowest BCUT2D eigenvalue weighted by Gasteiger charge is -2.10. The van der Waals surface area contributed by atoms with Crippen molar-refractivity contribution in [1.82, 2.24) is 10.6 Å². The molecule has 0 aliphatic rings. The highest BCUT2D eigenvalue weighted by Gasteiger charge is 2.10. The topological polar surface area (TPSA) is 122 Å². The predicted molar refractivity (Wildman–Crippen MR) is 129 cm³/mol. The Balaban J connectivity index is 1.48. The second kappa shape index (κ2) is 12.8. The Labute approximate surface area is 197 Å². The van der Waals surface area contributed by atoms with Crippen LogP contribution in [0.5, 0.6) is 0 Å². The highest BCUT2D eigenvalue weighted by Crippen LogP contribution is 2.13. The van der Waals surface area contributed by atoms with Crippen LogP contribution in [0, 0.1) is 0 Å². The van der Waals surface area contributed by atoms with E-state index >= 15 is 0 Å². The van der Waals surface area contributed by atoms with Crippen molar-refractivity contribution in [3.63, 3.8) is 0 Å². The Bertz CT molecular complexity index is 1100. The van der Waals surface area contributed by atoms with E-state index in [0.29, 0.717) is 41.4 Å². The van der Waals surface area contributed by atoms with E-state index in [2.05, 4.69) is 21.3 Å². The van der Waals surface area contributed by atoms with E-state index in [1.54, 1.807) is 74.0 Å². The molecule has 3 amide bonds. The molecule has 0 atom stereocenters. The number of amides is 3. The summed E-state index contributed by atoms with van der Waals surface area (Å²) in [5.74, 6) is -0.0912. The van der Waals surface area contributed by atoms with E-state index in [9.17, 15) is 14.4 Å². The molecular formula is C25H28N4O5. The highest BCUT2D eigenvalue weighted by molar-refractivity contribution is 5.98. The van der Waals surface area contributed by atoms with Crippen LogP contribution < -0.4 is 21.3 Å². The number of hydrogen-bond acceptors (Lipinski definition) is 6. The van der Waals surface area contributed by atoms with Gasteiger partial charge in [0.05, 0.1) is 19.4 Å². The normalized spacial score (nSPS) is 10.4. The standard InChI is InChI=1S/C25H28N4O5/c1-33-12-5-11-26-24(31)19-7-3-9-21(15-19)29-23(30)17-27-20-8-2-6-18(14-20)25(32)28-16-22-10-4-13-34-22/h2-4,6-10,13-15,27H,5,11-12,16-17H2,1H3,(H,26,31)(H,28,32)(H,29,30). The second-order valence-electron chi connectivity index (χ2n) is 7.43. The van der Waals surface area contributed by atoms with E-state index in [4.69, 9.17) is 9.15 Å². The highest BCUT2D eigenvalue weighted by atomic mass is 16.5. The van der Waals surface area contributed by atoms with Crippen molar-refractivity contribution in [3.05, 3.63) is 83.8 Å². The molecule has 0 spiro atoms. The van der Waals surface area contributed by atoms with Gasteiger partial charge in [-0.15, -0.1) is 0 Å². The first-order valence-corrected chi connectivity index (χ1v) is 10.9. The number of ether oxygens (including phenoxy) is 1. The van der Waals surface area contributed by atoms with Gasteiger partial charge in [-0.05, 0) is 55.0 Å². The fourth-order valence-electron chi connectivity index (χ4n) is 3.10. The maximum Gasteiger partial charge on any atom is 0.251 e. The lowest BCUT2D eigenvalue weighted by atomic mass is 10.2.